The van der Waals surface area contributed by atoms with Gasteiger partial charge in [0, 0.05) is 29.4 Å². The van der Waals surface area contributed by atoms with E-state index in [1.807, 2.05) is 6.92 Å². The van der Waals surface area contributed by atoms with Crippen molar-refractivity contribution in [1.82, 2.24) is 10.2 Å². The second-order valence-corrected chi connectivity index (χ2v) is 8.21. The molecule has 0 unspecified atom stereocenters. The van der Waals surface area contributed by atoms with Gasteiger partial charge in [-0.3, -0.25) is 9.59 Å². The number of likely N-dealkylation sites (N-methyl/N-ethyl adjacent to an activating group) is 1. The van der Waals surface area contributed by atoms with Crippen LogP contribution in [0.4, 0.5) is 4.39 Å². The fourth-order valence-electron chi connectivity index (χ4n) is 2.87. The zero-order valence-electron chi connectivity index (χ0n) is 16.3. The van der Waals surface area contributed by atoms with Crippen LogP contribution in [-0.2, 0) is 21.9 Å². The lowest BCUT2D eigenvalue weighted by atomic mass is 10.1. The molecule has 0 spiro atoms. The molecular formula is C21H23Cl2FN2O2S. The second kappa shape index (κ2) is 11.4. The van der Waals surface area contributed by atoms with Crippen molar-refractivity contribution in [1.29, 1.82) is 0 Å². The fourth-order valence-corrected chi connectivity index (χ4v) is 4.23. The van der Waals surface area contributed by atoms with Crippen molar-refractivity contribution >= 4 is 46.8 Å². The van der Waals surface area contributed by atoms with Gasteiger partial charge in [0.25, 0.3) is 0 Å². The normalized spacial score (nSPS) is 11.8. The molecule has 0 bridgehead atoms. The first-order valence-corrected chi connectivity index (χ1v) is 11.0. The highest BCUT2D eigenvalue weighted by Crippen LogP contribution is 2.24. The van der Waals surface area contributed by atoms with E-state index >= 15 is 0 Å². The molecule has 2 aromatic carbocycles. The first-order valence-electron chi connectivity index (χ1n) is 9.13. The Hall–Kier alpha value is -1.76. The monoisotopic (exact) mass is 456 g/mol. The molecule has 8 heteroatoms. The lowest BCUT2D eigenvalue weighted by Crippen LogP contribution is -2.48. The standard InChI is InChI=1S/C21H23Cl2FN2O2S/c1-3-19(21(28)25-2)26(11-14-8-9-16(22)10-17(14)23)20(27)13-29-12-15-6-4-5-7-18(15)24/h4-10,19H,3,11-13H2,1-2H3,(H,25,28)/t19-/m0/s1. The maximum Gasteiger partial charge on any atom is 0.242 e. The minimum Gasteiger partial charge on any atom is -0.357 e. The van der Waals surface area contributed by atoms with Crippen molar-refractivity contribution in [2.24, 2.45) is 0 Å². The number of nitrogens with one attached hydrogen (secondary N) is 1. The molecule has 2 rings (SSSR count). The van der Waals surface area contributed by atoms with Crippen molar-refractivity contribution in [2.45, 2.75) is 31.7 Å². The summed E-state index contributed by atoms with van der Waals surface area (Å²) in [5.74, 6) is -0.274. The lowest BCUT2D eigenvalue weighted by Gasteiger charge is -2.30. The van der Waals surface area contributed by atoms with Gasteiger partial charge in [-0.1, -0.05) is 54.4 Å². The topological polar surface area (TPSA) is 49.4 Å². The third kappa shape index (κ3) is 6.63. The molecule has 2 amide bonds. The largest absolute Gasteiger partial charge is 0.357 e. The maximum atomic E-state index is 13.8. The molecular weight excluding hydrogens is 434 g/mol. The van der Waals surface area contributed by atoms with Crippen LogP contribution in [0.25, 0.3) is 0 Å². The molecule has 0 aromatic heterocycles. The number of nitrogens with zero attached hydrogens (tertiary/aromatic N) is 1. The summed E-state index contributed by atoms with van der Waals surface area (Å²) in [5, 5.41) is 3.53. The average Bonchev–Trinajstić information content (AvgIpc) is 2.70. The Labute approximate surface area is 184 Å². The highest BCUT2D eigenvalue weighted by Gasteiger charge is 2.28. The average molecular weight is 457 g/mol. The quantitative estimate of drug-likeness (QED) is 0.582. The van der Waals surface area contributed by atoms with Crippen LogP contribution in [0.15, 0.2) is 42.5 Å². The molecule has 29 heavy (non-hydrogen) atoms. The Bertz CT molecular complexity index is 866. The number of halogens is 3. The van der Waals surface area contributed by atoms with Gasteiger partial charge in [-0.25, -0.2) is 4.39 Å². The van der Waals surface area contributed by atoms with E-state index in [1.54, 1.807) is 36.4 Å². The van der Waals surface area contributed by atoms with Crippen molar-refractivity contribution in [3.8, 4) is 0 Å². The summed E-state index contributed by atoms with van der Waals surface area (Å²) >= 11 is 13.5. The Kier molecular flexibility index (Phi) is 9.27. The van der Waals surface area contributed by atoms with E-state index in [9.17, 15) is 14.0 Å². The van der Waals surface area contributed by atoms with Crippen LogP contribution in [0.5, 0.6) is 0 Å². The molecule has 0 aliphatic rings. The highest BCUT2D eigenvalue weighted by atomic mass is 35.5. The van der Waals surface area contributed by atoms with Crippen LogP contribution in [0.3, 0.4) is 0 Å². The van der Waals surface area contributed by atoms with Crippen molar-refractivity contribution in [2.75, 3.05) is 12.8 Å². The smallest absolute Gasteiger partial charge is 0.242 e. The summed E-state index contributed by atoms with van der Waals surface area (Å²) in [7, 11) is 1.54. The molecule has 1 N–H and O–H groups in total. The molecule has 0 aliphatic carbocycles. The molecule has 4 nitrogen and oxygen atoms in total. The Morgan fingerprint density at radius 1 is 1.17 bits per heavy atom. The minimum atomic E-state index is -0.631. The number of benzene rings is 2. The van der Waals surface area contributed by atoms with Gasteiger partial charge in [0.05, 0.1) is 5.75 Å². The van der Waals surface area contributed by atoms with Crippen LogP contribution in [0.2, 0.25) is 10.0 Å². The Morgan fingerprint density at radius 3 is 2.52 bits per heavy atom. The molecule has 0 aliphatic heterocycles. The van der Waals surface area contributed by atoms with E-state index in [0.717, 1.165) is 0 Å². The van der Waals surface area contributed by atoms with Gasteiger partial charge in [-0.05, 0) is 35.7 Å². The number of hydrogen-bond donors (Lipinski definition) is 1. The van der Waals surface area contributed by atoms with E-state index in [4.69, 9.17) is 23.2 Å². The van der Waals surface area contributed by atoms with Crippen molar-refractivity contribution in [3.05, 3.63) is 69.5 Å². The highest BCUT2D eigenvalue weighted by molar-refractivity contribution is 7.99. The predicted octanol–water partition coefficient (Wildman–Crippen LogP) is 4.92. The molecule has 0 saturated heterocycles. The minimum absolute atomic E-state index is 0.118. The molecule has 0 heterocycles. The number of amides is 2. The van der Waals surface area contributed by atoms with Crippen molar-refractivity contribution in [3.63, 3.8) is 0 Å². The summed E-state index contributed by atoms with van der Waals surface area (Å²) in [4.78, 5) is 26.8. The lowest BCUT2D eigenvalue weighted by molar-refractivity contribution is -0.139. The van der Waals surface area contributed by atoms with Gasteiger partial charge < -0.3 is 10.2 Å². The zero-order chi connectivity index (χ0) is 21.4. The summed E-state index contributed by atoms with van der Waals surface area (Å²) in [6.07, 6.45) is 0.453. The van der Waals surface area contributed by atoms with Crippen LogP contribution >= 0.6 is 35.0 Å². The molecule has 1 atom stereocenters. The Balaban J connectivity index is 2.15. The van der Waals surface area contributed by atoms with Crippen LogP contribution in [-0.4, -0.2) is 35.6 Å². The molecule has 0 radical (unpaired) electrons. The van der Waals surface area contributed by atoms with Crippen molar-refractivity contribution < 1.29 is 14.0 Å². The van der Waals surface area contributed by atoms with Gasteiger partial charge in [0.15, 0.2) is 0 Å². The molecule has 0 saturated carbocycles. The Morgan fingerprint density at radius 2 is 1.90 bits per heavy atom. The number of thioether (sulfide) groups is 1. The summed E-state index contributed by atoms with van der Waals surface area (Å²) in [5.41, 5.74) is 1.24. The number of hydrogen-bond acceptors (Lipinski definition) is 3. The van der Waals surface area contributed by atoms with Gasteiger partial charge in [0.2, 0.25) is 11.8 Å². The number of carbonyl (C=O) groups is 2. The molecule has 2 aromatic rings. The van der Waals surface area contributed by atoms with Gasteiger partial charge >= 0.3 is 0 Å². The SMILES string of the molecule is CC[C@@H](C(=O)NC)N(Cc1ccc(Cl)cc1Cl)C(=O)CSCc1ccccc1F. The second-order valence-electron chi connectivity index (χ2n) is 6.38. The third-order valence-corrected chi connectivity index (χ3v) is 5.98. The first kappa shape index (κ1) is 23.5. The van der Waals surface area contributed by atoms with Gasteiger partial charge in [0.1, 0.15) is 11.9 Å². The van der Waals surface area contributed by atoms with Crippen LogP contribution < -0.4 is 5.32 Å². The van der Waals surface area contributed by atoms with Gasteiger partial charge in [-0.15, -0.1) is 11.8 Å². The summed E-state index contributed by atoms with van der Waals surface area (Å²) in [6.45, 7) is 2.02. The van der Waals surface area contributed by atoms with E-state index in [0.29, 0.717) is 33.3 Å². The summed E-state index contributed by atoms with van der Waals surface area (Å²) < 4.78 is 13.8. The fraction of sp³-hybridized carbons (Fsp3) is 0.333. The third-order valence-electron chi connectivity index (χ3n) is 4.43. The van der Waals surface area contributed by atoms with E-state index in [2.05, 4.69) is 5.32 Å². The molecule has 156 valence electrons. The van der Waals surface area contributed by atoms with E-state index in [1.165, 1.54) is 29.8 Å². The van der Waals surface area contributed by atoms with Gasteiger partial charge in [-0.2, -0.15) is 0 Å². The van der Waals surface area contributed by atoms with E-state index in [-0.39, 0.29) is 29.9 Å². The van der Waals surface area contributed by atoms with Crippen LogP contribution in [0.1, 0.15) is 24.5 Å². The first-order chi connectivity index (χ1) is 13.9. The van der Waals surface area contributed by atoms with Crippen LogP contribution in [0, 0.1) is 5.82 Å². The number of rotatable bonds is 9. The number of carbonyl (C=O) groups excluding carboxylic acids is 2. The summed E-state index contributed by atoms with van der Waals surface area (Å²) in [6, 6.07) is 10.9. The molecule has 0 fully saturated rings. The maximum absolute atomic E-state index is 13.8. The predicted molar refractivity (Wildman–Crippen MR) is 118 cm³/mol. The van der Waals surface area contributed by atoms with E-state index < -0.39 is 6.04 Å². The zero-order valence-corrected chi connectivity index (χ0v) is 18.6.